The number of methoxy groups -OCH3 is 1. The van der Waals surface area contributed by atoms with Crippen molar-refractivity contribution in [1.82, 2.24) is 0 Å². The highest BCUT2D eigenvalue weighted by molar-refractivity contribution is 6.31. The Kier molecular flexibility index (Phi) is 6.04. The van der Waals surface area contributed by atoms with E-state index >= 15 is 0 Å². The first-order chi connectivity index (χ1) is 12.0. The van der Waals surface area contributed by atoms with Crippen LogP contribution in [0.15, 0.2) is 48.2 Å². The van der Waals surface area contributed by atoms with Crippen molar-refractivity contribution >= 4 is 28.9 Å². The Balaban J connectivity index is 2.20. The molecule has 2 rings (SSSR count). The Hall–Kier alpha value is -2.97. The van der Waals surface area contributed by atoms with Gasteiger partial charge >= 0.3 is 0 Å². The molecule has 128 valence electrons. The van der Waals surface area contributed by atoms with E-state index in [-0.39, 0.29) is 5.57 Å². The molecule has 0 atom stereocenters. The highest BCUT2D eigenvalue weighted by Crippen LogP contribution is 2.28. The van der Waals surface area contributed by atoms with E-state index in [1.807, 2.05) is 32.0 Å². The predicted octanol–water partition coefficient (Wildman–Crippen LogP) is 4.42. The second kappa shape index (κ2) is 8.22. The number of anilines is 2. The maximum Gasteiger partial charge on any atom is 0.267 e. The van der Waals surface area contributed by atoms with Crippen molar-refractivity contribution in [2.45, 2.75) is 13.8 Å². The molecule has 5 nitrogen and oxygen atoms in total. The first kappa shape index (κ1) is 18.4. The molecular formula is C19H18ClN3O2. The Morgan fingerprint density at radius 2 is 2.00 bits per heavy atom. The van der Waals surface area contributed by atoms with Gasteiger partial charge in [0.15, 0.2) is 0 Å². The van der Waals surface area contributed by atoms with Gasteiger partial charge in [-0.15, -0.1) is 0 Å². The molecule has 0 heterocycles. The van der Waals surface area contributed by atoms with Crippen molar-refractivity contribution in [3.05, 3.63) is 64.3 Å². The summed E-state index contributed by atoms with van der Waals surface area (Å²) in [5, 5.41) is 15.4. The van der Waals surface area contributed by atoms with Crippen molar-refractivity contribution in [2.75, 3.05) is 17.7 Å². The fraction of sp³-hybridized carbons (Fsp3) is 0.158. The van der Waals surface area contributed by atoms with E-state index < -0.39 is 5.91 Å². The lowest BCUT2D eigenvalue weighted by Crippen LogP contribution is -2.15. The molecule has 0 fully saturated rings. The van der Waals surface area contributed by atoms with Crippen LogP contribution in [0.5, 0.6) is 5.75 Å². The Morgan fingerprint density at radius 1 is 1.24 bits per heavy atom. The van der Waals surface area contributed by atoms with E-state index in [9.17, 15) is 10.1 Å². The van der Waals surface area contributed by atoms with Crippen LogP contribution < -0.4 is 15.4 Å². The van der Waals surface area contributed by atoms with Crippen LogP contribution in [0.3, 0.4) is 0 Å². The summed E-state index contributed by atoms with van der Waals surface area (Å²) in [7, 11) is 1.52. The number of carbonyl (C=O) groups excluding carboxylic acids is 1. The van der Waals surface area contributed by atoms with Gasteiger partial charge in [-0.05, 0) is 49.2 Å². The zero-order valence-corrected chi connectivity index (χ0v) is 14.9. The van der Waals surface area contributed by atoms with Crippen LogP contribution in [0.4, 0.5) is 11.4 Å². The molecule has 25 heavy (non-hydrogen) atoms. The van der Waals surface area contributed by atoms with Crippen molar-refractivity contribution in [2.24, 2.45) is 0 Å². The standard InChI is InChI=1S/C19H18ClN3O2/c1-12-5-4-6-16(13(12)2)23-19(24)14(10-21)11-22-17-9-15(20)7-8-18(17)25-3/h4-9,11,22H,1-3H3,(H,23,24)/b14-11-. The van der Waals surface area contributed by atoms with Crippen molar-refractivity contribution in [3.8, 4) is 11.8 Å². The fourth-order valence-electron chi connectivity index (χ4n) is 2.17. The summed E-state index contributed by atoms with van der Waals surface area (Å²) in [6.45, 7) is 3.87. The summed E-state index contributed by atoms with van der Waals surface area (Å²) in [5.41, 5.74) is 3.18. The largest absolute Gasteiger partial charge is 0.495 e. The molecule has 2 N–H and O–H groups in total. The van der Waals surface area contributed by atoms with Gasteiger partial charge in [0.2, 0.25) is 0 Å². The van der Waals surface area contributed by atoms with Crippen LogP contribution in [0, 0.1) is 25.2 Å². The van der Waals surface area contributed by atoms with E-state index in [0.717, 1.165) is 11.1 Å². The van der Waals surface area contributed by atoms with Gasteiger partial charge in [-0.1, -0.05) is 23.7 Å². The quantitative estimate of drug-likeness (QED) is 0.615. The second-order valence-electron chi connectivity index (χ2n) is 5.36. The number of hydrogen-bond acceptors (Lipinski definition) is 4. The van der Waals surface area contributed by atoms with Crippen LogP contribution >= 0.6 is 11.6 Å². The molecule has 0 aromatic heterocycles. The van der Waals surface area contributed by atoms with Crippen LogP contribution in [0.2, 0.25) is 5.02 Å². The van der Waals surface area contributed by atoms with E-state index in [1.165, 1.54) is 13.3 Å². The van der Waals surface area contributed by atoms with E-state index in [2.05, 4.69) is 10.6 Å². The molecular weight excluding hydrogens is 338 g/mol. The van der Waals surface area contributed by atoms with Crippen molar-refractivity contribution in [1.29, 1.82) is 5.26 Å². The minimum Gasteiger partial charge on any atom is -0.495 e. The van der Waals surface area contributed by atoms with Gasteiger partial charge in [0, 0.05) is 16.9 Å². The number of nitriles is 1. The molecule has 2 aromatic rings. The number of halogens is 1. The summed E-state index contributed by atoms with van der Waals surface area (Å²) < 4.78 is 5.22. The third kappa shape index (κ3) is 4.52. The second-order valence-corrected chi connectivity index (χ2v) is 5.80. The average molecular weight is 356 g/mol. The minimum absolute atomic E-state index is 0.0667. The molecule has 0 aliphatic rings. The number of ether oxygens (including phenoxy) is 1. The average Bonchev–Trinajstić information content (AvgIpc) is 2.59. The van der Waals surface area contributed by atoms with Gasteiger partial charge in [0.25, 0.3) is 5.91 Å². The van der Waals surface area contributed by atoms with Gasteiger partial charge in [-0.2, -0.15) is 5.26 Å². The number of nitrogens with zero attached hydrogens (tertiary/aromatic N) is 1. The van der Waals surface area contributed by atoms with Gasteiger partial charge in [-0.3, -0.25) is 4.79 Å². The Morgan fingerprint density at radius 3 is 2.68 bits per heavy atom. The number of nitrogens with one attached hydrogen (secondary N) is 2. The lowest BCUT2D eigenvalue weighted by atomic mass is 10.1. The number of carbonyl (C=O) groups is 1. The Labute approximate surface area is 151 Å². The molecule has 0 spiro atoms. The summed E-state index contributed by atoms with van der Waals surface area (Å²) >= 11 is 5.96. The fourth-order valence-corrected chi connectivity index (χ4v) is 2.34. The van der Waals surface area contributed by atoms with E-state index in [4.69, 9.17) is 16.3 Å². The van der Waals surface area contributed by atoms with Crippen molar-refractivity contribution in [3.63, 3.8) is 0 Å². The lowest BCUT2D eigenvalue weighted by Gasteiger charge is -2.11. The number of rotatable bonds is 5. The van der Waals surface area contributed by atoms with Gasteiger partial charge in [0.1, 0.15) is 17.4 Å². The number of benzene rings is 2. The van der Waals surface area contributed by atoms with Crippen LogP contribution in [0.25, 0.3) is 0 Å². The smallest absolute Gasteiger partial charge is 0.267 e. The number of aryl methyl sites for hydroxylation is 1. The third-order valence-corrected chi connectivity index (χ3v) is 3.99. The topological polar surface area (TPSA) is 74.1 Å². The maximum atomic E-state index is 12.4. The summed E-state index contributed by atoms with van der Waals surface area (Å²) in [5.74, 6) is 0.0533. The minimum atomic E-state index is -0.496. The zero-order valence-electron chi connectivity index (χ0n) is 14.2. The molecule has 0 saturated heterocycles. The molecule has 0 unspecified atom stereocenters. The monoisotopic (exact) mass is 355 g/mol. The summed E-state index contributed by atoms with van der Waals surface area (Å²) in [4.78, 5) is 12.4. The SMILES string of the molecule is COc1ccc(Cl)cc1N/C=C(/C#N)C(=O)Nc1cccc(C)c1C. The van der Waals surface area contributed by atoms with Gasteiger partial charge in [-0.25, -0.2) is 0 Å². The molecule has 6 heteroatoms. The number of hydrogen-bond donors (Lipinski definition) is 2. The highest BCUT2D eigenvalue weighted by atomic mass is 35.5. The molecule has 0 bridgehead atoms. The first-order valence-corrected chi connectivity index (χ1v) is 7.92. The first-order valence-electron chi connectivity index (χ1n) is 7.54. The molecule has 0 aliphatic heterocycles. The summed E-state index contributed by atoms with van der Waals surface area (Å²) in [6.07, 6.45) is 1.33. The van der Waals surface area contributed by atoms with Crippen LogP contribution in [-0.2, 0) is 4.79 Å². The van der Waals surface area contributed by atoms with Gasteiger partial charge < -0.3 is 15.4 Å². The van der Waals surface area contributed by atoms with Gasteiger partial charge in [0.05, 0.1) is 12.8 Å². The molecule has 0 saturated carbocycles. The van der Waals surface area contributed by atoms with E-state index in [0.29, 0.717) is 22.1 Å². The normalized spacial score (nSPS) is 10.8. The van der Waals surface area contributed by atoms with Crippen LogP contribution in [-0.4, -0.2) is 13.0 Å². The number of amides is 1. The maximum absolute atomic E-state index is 12.4. The van der Waals surface area contributed by atoms with E-state index in [1.54, 1.807) is 24.3 Å². The third-order valence-electron chi connectivity index (χ3n) is 3.75. The highest BCUT2D eigenvalue weighted by Gasteiger charge is 2.12. The molecule has 0 aliphatic carbocycles. The lowest BCUT2D eigenvalue weighted by molar-refractivity contribution is -0.112. The van der Waals surface area contributed by atoms with Crippen LogP contribution in [0.1, 0.15) is 11.1 Å². The molecule has 2 aromatic carbocycles. The molecule has 0 radical (unpaired) electrons. The Bertz CT molecular complexity index is 869. The summed E-state index contributed by atoms with van der Waals surface area (Å²) in [6, 6.07) is 12.5. The molecule has 1 amide bonds. The zero-order chi connectivity index (χ0) is 18.4. The predicted molar refractivity (Wildman–Crippen MR) is 99.9 cm³/mol. The van der Waals surface area contributed by atoms with Crippen molar-refractivity contribution < 1.29 is 9.53 Å².